The van der Waals surface area contributed by atoms with E-state index < -0.39 is 5.97 Å². The standard InChI is InChI=1S/C14H10N2O3/c1-9-4-5-12(11(7-9)14(17)18)19-13-10(8-15)3-2-6-16-13/h2-7H,1H3,(H,17,18). The molecule has 1 heterocycles. The molecule has 2 rings (SSSR count). The normalized spacial score (nSPS) is 9.68. The number of nitriles is 1. The molecule has 0 unspecified atom stereocenters. The van der Waals surface area contributed by atoms with Crippen LogP contribution >= 0.6 is 0 Å². The first kappa shape index (κ1) is 12.6. The number of aryl methyl sites for hydroxylation is 1. The van der Waals surface area contributed by atoms with E-state index in [2.05, 4.69) is 4.98 Å². The average molecular weight is 254 g/mol. The van der Waals surface area contributed by atoms with E-state index in [9.17, 15) is 4.79 Å². The third kappa shape index (κ3) is 2.69. The second-order valence-electron chi connectivity index (χ2n) is 3.87. The summed E-state index contributed by atoms with van der Waals surface area (Å²) < 4.78 is 5.43. The third-order valence-electron chi connectivity index (χ3n) is 2.46. The summed E-state index contributed by atoms with van der Waals surface area (Å²) in [5.41, 5.74) is 1.10. The van der Waals surface area contributed by atoms with Crippen LogP contribution in [0, 0.1) is 18.3 Å². The monoisotopic (exact) mass is 254 g/mol. The highest BCUT2D eigenvalue weighted by atomic mass is 16.5. The first-order valence-corrected chi connectivity index (χ1v) is 5.48. The van der Waals surface area contributed by atoms with Crippen LogP contribution in [0.5, 0.6) is 11.6 Å². The smallest absolute Gasteiger partial charge is 0.339 e. The predicted molar refractivity (Wildman–Crippen MR) is 67.2 cm³/mol. The number of benzene rings is 1. The molecule has 0 saturated carbocycles. The van der Waals surface area contributed by atoms with Crippen LogP contribution in [0.4, 0.5) is 0 Å². The van der Waals surface area contributed by atoms with E-state index in [-0.39, 0.29) is 22.8 Å². The SMILES string of the molecule is Cc1ccc(Oc2ncccc2C#N)c(C(=O)O)c1. The van der Waals surface area contributed by atoms with E-state index in [1.165, 1.54) is 12.3 Å². The minimum Gasteiger partial charge on any atom is -0.478 e. The lowest BCUT2D eigenvalue weighted by molar-refractivity contribution is 0.0694. The van der Waals surface area contributed by atoms with Gasteiger partial charge in [0.2, 0.25) is 5.88 Å². The number of ether oxygens (including phenoxy) is 1. The molecule has 0 saturated heterocycles. The first-order valence-electron chi connectivity index (χ1n) is 5.48. The van der Waals surface area contributed by atoms with Gasteiger partial charge in [0.25, 0.3) is 0 Å². The quantitative estimate of drug-likeness (QED) is 0.910. The van der Waals surface area contributed by atoms with Crippen LogP contribution in [-0.4, -0.2) is 16.1 Å². The van der Waals surface area contributed by atoms with Gasteiger partial charge in [-0.15, -0.1) is 0 Å². The van der Waals surface area contributed by atoms with Gasteiger partial charge < -0.3 is 9.84 Å². The Kier molecular flexibility index (Phi) is 3.44. The van der Waals surface area contributed by atoms with Crippen LogP contribution in [0.1, 0.15) is 21.5 Å². The van der Waals surface area contributed by atoms with Crippen molar-refractivity contribution >= 4 is 5.97 Å². The molecule has 0 spiro atoms. The Morgan fingerprint density at radius 3 is 2.89 bits per heavy atom. The van der Waals surface area contributed by atoms with E-state index >= 15 is 0 Å². The van der Waals surface area contributed by atoms with Crippen LogP contribution in [0.2, 0.25) is 0 Å². The van der Waals surface area contributed by atoms with E-state index in [1.54, 1.807) is 31.2 Å². The molecule has 0 fully saturated rings. The number of carboxylic acids is 1. The molecule has 0 amide bonds. The number of carbonyl (C=O) groups is 1. The number of hydrogen-bond acceptors (Lipinski definition) is 4. The number of nitrogens with zero attached hydrogens (tertiary/aromatic N) is 2. The van der Waals surface area contributed by atoms with Crippen LogP contribution in [0.25, 0.3) is 0 Å². The molecular formula is C14H10N2O3. The molecule has 5 nitrogen and oxygen atoms in total. The van der Waals surface area contributed by atoms with Gasteiger partial charge in [-0.1, -0.05) is 11.6 Å². The molecule has 0 atom stereocenters. The Bertz CT molecular complexity index is 675. The average Bonchev–Trinajstić information content (AvgIpc) is 2.41. The van der Waals surface area contributed by atoms with Gasteiger partial charge in [0, 0.05) is 6.20 Å². The van der Waals surface area contributed by atoms with Crippen LogP contribution in [0.15, 0.2) is 36.5 Å². The summed E-state index contributed by atoms with van der Waals surface area (Å²) in [7, 11) is 0. The number of pyridine rings is 1. The molecule has 0 aliphatic carbocycles. The summed E-state index contributed by atoms with van der Waals surface area (Å²) in [5, 5.41) is 18.1. The molecule has 0 radical (unpaired) electrons. The van der Waals surface area contributed by atoms with Crippen molar-refractivity contribution in [1.29, 1.82) is 5.26 Å². The molecule has 0 aliphatic heterocycles. The summed E-state index contributed by atoms with van der Waals surface area (Å²) >= 11 is 0. The lowest BCUT2D eigenvalue weighted by Crippen LogP contribution is -2.02. The zero-order valence-corrected chi connectivity index (χ0v) is 10.1. The van der Waals surface area contributed by atoms with Crippen molar-refractivity contribution in [2.45, 2.75) is 6.92 Å². The highest BCUT2D eigenvalue weighted by molar-refractivity contribution is 5.91. The first-order chi connectivity index (χ1) is 9.11. The van der Waals surface area contributed by atoms with Gasteiger partial charge in [-0.25, -0.2) is 9.78 Å². The fourth-order valence-electron chi connectivity index (χ4n) is 1.56. The largest absolute Gasteiger partial charge is 0.478 e. The molecule has 1 N–H and O–H groups in total. The van der Waals surface area contributed by atoms with Gasteiger partial charge in [0.15, 0.2) is 0 Å². The van der Waals surface area contributed by atoms with E-state index in [0.717, 1.165) is 5.56 Å². The molecule has 19 heavy (non-hydrogen) atoms. The molecule has 94 valence electrons. The number of aromatic carboxylic acids is 1. The second kappa shape index (κ2) is 5.19. The Hall–Kier alpha value is -2.87. The second-order valence-corrected chi connectivity index (χ2v) is 3.87. The van der Waals surface area contributed by atoms with Crippen molar-refractivity contribution in [2.75, 3.05) is 0 Å². The Morgan fingerprint density at radius 2 is 2.21 bits per heavy atom. The summed E-state index contributed by atoms with van der Waals surface area (Å²) in [6.07, 6.45) is 1.48. The van der Waals surface area contributed by atoms with Crippen molar-refractivity contribution in [3.8, 4) is 17.7 Å². The Labute approximate surface area is 109 Å². The summed E-state index contributed by atoms with van der Waals surface area (Å²) in [4.78, 5) is 15.1. The minimum atomic E-state index is -1.09. The van der Waals surface area contributed by atoms with E-state index in [0.29, 0.717) is 0 Å². The van der Waals surface area contributed by atoms with Crippen molar-refractivity contribution in [2.24, 2.45) is 0 Å². The Balaban J connectivity index is 2.44. The molecule has 0 bridgehead atoms. The zero-order chi connectivity index (χ0) is 13.8. The van der Waals surface area contributed by atoms with E-state index in [4.69, 9.17) is 15.1 Å². The maximum atomic E-state index is 11.2. The van der Waals surface area contributed by atoms with Gasteiger partial charge in [-0.2, -0.15) is 5.26 Å². The van der Waals surface area contributed by atoms with Crippen molar-refractivity contribution in [3.05, 3.63) is 53.2 Å². The number of carboxylic acid groups (broad SMARTS) is 1. The lowest BCUT2D eigenvalue weighted by atomic mass is 10.1. The third-order valence-corrected chi connectivity index (χ3v) is 2.46. The van der Waals surface area contributed by atoms with Gasteiger partial charge in [0.05, 0.1) is 0 Å². The van der Waals surface area contributed by atoms with Gasteiger partial charge in [0.1, 0.15) is 22.9 Å². The maximum absolute atomic E-state index is 11.2. The molecule has 0 aliphatic rings. The topological polar surface area (TPSA) is 83.2 Å². The highest BCUT2D eigenvalue weighted by Crippen LogP contribution is 2.26. The number of rotatable bonds is 3. The van der Waals surface area contributed by atoms with Crippen molar-refractivity contribution < 1.29 is 14.6 Å². The fourth-order valence-corrected chi connectivity index (χ4v) is 1.56. The van der Waals surface area contributed by atoms with Gasteiger partial charge in [-0.05, 0) is 31.2 Å². The summed E-state index contributed by atoms with van der Waals surface area (Å²) in [6, 6.07) is 9.89. The molecule has 1 aromatic heterocycles. The molecule has 1 aromatic carbocycles. The van der Waals surface area contributed by atoms with Gasteiger partial charge in [-0.3, -0.25) is 0 Å². The van der Waals surface area contributed by atoms with Crippen molar-refractivity contribution in [3.63, 3.8) is 0 Å². The van der Waals surface area contributed by atoms with Crippen LogP contribution < -0.4 is 4.74 Å². The summed E-state index contributed by atoms with van der Waals surface area (Å²) in [5.74, 6) is -0.835. The van der Waals surface area contributed by atoms with E-state index in [1.807, 2.05) is 6.07 Å². The number of aromatic nitrogens is 1. The fraction of sp³-hybridized carbons (Fsp3) is 0.0714. The minimum absolute atomic E-state index is 0.0366. The maximum Gasteiger partial charge on any atom is 0.339 e. The number of hydrogen-bond donors (Lipinski definition) is 1. The highest BCUT2D eigenvalue weighted by Gasteiger charge is 2.14. The lowest BCUT2D eigenvalue weighted by Gasteiger charge is -2.09. The van der Waals surface area contributed by atoms with Crippen LogP contribution in [0.3, 0.4) is 0 Å². The molecule has 2 aromatic rings. The van der Waals surface area contributed by atoms with Crippen molar-refractivity contribution in [1.82, 2.24) is 4.98 Å². The summed E-state index contributed by atoms with van der Waals surface area (Å²) in [6.45, 7) is 1.79. The molecular weight excluding hydrogens is 244 g/mol. The zero-order valence-electron chi connectivity index (χ0n) is 10.1. The van der Waals surface area contributed by atoms with Gasteiger partial charge >= 0.3 is 5.97 Å². The predicted octanol–water partition coefficient (Wildman–Crippen LogP) is 2.75. The molecule has 5 heteroatoms. The van der Waals surface area contributed by atoms with Crippen LogP contribution in [-0.2, 0) is 0 Å². The Morgan fingerprint density at radius 1 is 1.42 bits per heavy atom.